The van der Waals surface area contributed by atoms with E-state index in [0.29, 0.717) is 0 Å². The Balaban J connectivity index is 2.57. The van der Waals surface area contributed by atoms with Crippen LogP contribution in [0.2, 0.25) is 0 Å². The molecular weight excluding hydrogens is 217 g/mol. The second kappa shape index (κ2) is 2.21. The Labute approximate surface area is 62.4 Å². The first-order valence-corrected chi connectivity index (χ1v) is 3.85. The van der Waals surface area contributed by atoms with Gasteiger partial charge in [-0.2, -0.15) is 0 Å². The molecule has 46 valence electrons. The molecule has 0 aromatic rings. The maximum Gasteiger partial charge on any atom is 0.235 e. The molecule has 0 aliphatic carbocycles. The van der Waals surface area contributed by atoms with Crippen molar-refractivity contribution in [3.8, 4) is 0 Å². The summed E-state index contributed by atoms with van der Waals surface area (Å²) < 4.78 is 0.248. The number of likely N-dealkylation sites (tertiary alicyclic amines) is 1. The van der Waals surface area contributed by atoms with Gasteiger partial charge in [-0.25, -0.2) is 0 Å². The molecule has 0 aromatic carbocycles. The van der Waals surface area contributed by atoms with E-state index in [1.165, 1.54) is 0 Å². The fraction of sp³-hybridized carbons (Fsp3) is 0.800. The molecular formula is C5H8INO. The smallest absolute Gasteiger partial charge is 0.235 e. The lowest BCUT2D eigenvalue weighted by Crippen LogP contribution is -2.22. The number of nitrogens with zero attached hydrogens (tertiary/aromatic N) is 1. The van der Waals surface area contributed by atoms with Crippen molar-refractivity contribution in [2.75, 3.05) is 13.6 Å². The second-order valence-corrected chi connectivity index (χ2v) is 3.52. The number of alkyl halides is 1. The van der Waals surface area contributed by atoms with Crippen LogP contribution in [0.5, 0.6) is 0 Å². The molecule has 1 saturated heterocycles. The Morgan fingerprint density at radius 3 is 2.62 bits per heavy atom. The van der Waals surface area contributed by atoms with E-state index in [4.69, 9.17) is 0 Å². The van der Waals surface area contributed by atoms with Crippen molar-refractivity contribution in [1.82, 2.24) is 4.90 Å². The molecule has 0 bridgehead atoms. The lowest BCUT2D eigenvalue weighted by molar-refractivity contribution is -0.125. The summed E-state index contributed by atoms with van der Waals surface area (Å²) in [7, 11) is 1.85. The standard InChI is InChI=1S/C5H8INO/c1-7-3-2-4(6)5(7)8/h4H,2-3H2,1H3. The van der Waals surface area contributed by atoms with Gasteiger partial charge < -0.3 is 4.90 Å². The third-order valence-electron chi connectivity index (χ3n) is 1.36. The van der Waals surface area contributed by atoms with Crippen molar-refractivity contribution in [2.45, 2.75) is 10.3 Å². The Hall–Kier alpha value is 0.200. The van der Waals surface area contributed by atoms with E-state index in [1.54, 1.807) is 4.90 Å². The summed E-state index contributed by atoms with van der Waals surface area (Å²) in [5.41, 5.74) is 0. The first-order valence-electron chi connectivity index (χ1n) is 2.61. The van der Waals surface area contributed by atoms with Gasteiger partial charge in [-0.3, -0.25) is 4.79 Å². The Morgan fingerprint density at radius 1 is 1.88 bits per heavy atom. The lowest BCUT2D eigenvalue weighted by atomic mass is 10.4. The fourth-order valence-electron chi connectivity index (χ4n) is 0.780. The van der Waals surface area contributed by atoms with Gasteiger partial charge >= 0.3 is 0 Å². The van der Waals surface area contributed by atoms with Crippen LogP contribution in [0.15, 0.2) is 0 Å². The monoisotopic (exact) mass is 225 g/mol. The minimum atomic E-state index is 0.248. The largest absolute Gasteiger partial charge is 0.345 e. The molecule has 1 rings (SSSR count). The molecule has 8 heavy (non-hydrogen) atoms. The van der Waals surface area contributed by atoms with Crippen molar-refractivity contribution in [1.29, 1.82) is 0 Å². The fourth-order valence-corrected chi connectivity index (χ4v) is 1.53. The summed E-state index contributed by atoms with van der Waals surface area (Å²) in [6, 6.07) is 0. The average Bonchev–Trinajstić information content (AvgIpc) is 1.98. The first kappa shape index (κ1) is 6.32. The SMILES string of the molecule is CN1CCC(I)C1=O. The summed E-state index contributed by atoms with van der Waals surface area (Å²) in [6.07, 6.45) is 1.02. The summed E-state index contributed by atoms with van der Waals surface area (Å²) in [6.45, 7) is 0.937. The van der Waals surface area contributed by atoms with Crippen LogP contribution in [-0.4, -0.2) is 28.3 Å². The summed E-state index contributed by atoms with van der Waals surface area (Å²) in [4.78, 5) is 12.6. The maximum atomic E-state index is 10.8. The van der Waals surface area contributed by atoms with Gasteiger partial charge in [-0.05, 0) is 6.42 Å². The van der Waals surface area contributed by atoms with Crippen LogP contribution in [0.1, 0.15) is 6.42 Å². The Kier molecular flexibility index (Phi) is 1.74. The topological polar surface area (TPSA) is 20.3 Å². The van der Waals surface area contributed by atoms with E-state index >= 15 is 0 Å². The van der Waals surface area contributed by atoms with E-state index < -0.39 is 0 Å². The van der Waals surface area contributed by atoms with Crippen molar-refractivity contribution >= 4 is 28.5 Å². The van der Waals surface area contributed by atoms with Crippen molar-refractivity contribution in [2.24, 2.45) is 0 Å². The zero-order valence-corrected chi connectivity index (χ0v) is 6.88. The normalized spacial score (nSPS) is 29.5. The van der Waals surface area contributed by atoms with E-state index in [-0.39, 0.29) is 9.83 Å². The highest BCUT2D eigenvalue weighted by Gasteiger charge is 2.25. The molecule has 1 unspecified atom stereocenters. The predicted molar refractivity (Wildman–Crippen MR) is 40.1 cm³/mol. The maximum absolute atomic E-state index is 10.8. The molecule has 1 heterocycles. The molecule has 3 heteroatoms. The van der Waals surface area contributed by atoms with E-state index in [2.05, 4.69) is 22.6 Å². The number of hydrogen-bond acceptors (Lipinski definition) is 1. The van der Waals surface area contributed by atoms with Crippen LogP contribution in [0.4, 0.5) is 0 Å². The quantitative estimate of drug-likeness (QED) is 0.438. The van der Waals surface area contributed by atoms with Gasteiger partial charge in [0.25, 0.3) is 0 Å². The van der Waals surface area contributed by atoms with Crippen LogP contribution in [0.3, 0.4) is 0 Å². The number of hydrogen-bond donors (Lipinski definition) is 0. The van der Waals surface area contributed by atoms with Crippen LogP contribution in [0, 0.1) is 0 Å². The second-order valence-electron chi connectivity index (χ2n) is 2.02. The van der Waals surface area contributed by atoms with Crippen molar-refractivity contribution in [3.05, 3.63) is 0 Å². The molecule has 2 nitrogen and oxygen atoms in total. The van der Waals surface area contributed by atoms with Gasteiger partial charge in [0.2, 0.25) is 5.91 Å². The summed E-state index contributed by atoms with van der Waals surface area (Å²) >= 11 is 2.18. The van der Waals surface area contributed by atoms with E-state index in [9.17, 15) is 4.79 Å². The van der Waals surface area contributed by atoms with Crippen LogP contribution < -0.4 is 0 Å². The average molecular weight is 225 g/mol. The number of halogens is 1. The van der Waals surface area contributed by atoms with Crippen LogP contribution >= 0.6 is 22.6 Å². The van der Waals surface area contributed by atoms with Crippen LogP contribution in [-0.2, 0) is 4.79 Å². The molecule has 0 spiro atoms. The summed E-state index contributed by atoms with van der Waals surface area (Å²) in [5.74, 6) is 0.283. The zero-order valence-electron chi connectivity index (χ0n) is 4.72. The molecule has 1 aliphatic heterocycles. The third kappa shape index (κ3) is 0.962. The molecule has 0 N–H and O–H groups in total. The van der Waals surface area contributed by atoms with Crippen LogP contribution in [0.25, 0.3) is 0 Å². The van der Waals surface area contributed by atoms with Crippen molar-refractivity contribution < 1.29 is 4.79 Å². The lowest BCUT2D eigenvalue weighted by Gasteiger charge is -2.04. The molecule has 1 fully saturated rings. The van der Waals surface area contributed by atoms with Gasteiger partial charge in [0.1, 0.15) is 0 Å². The van der Waals surface area contributed by atoms with Gasteiger partial charge in [0, 0.05) is 13.6 Å². The highest BCUT2D eigenvalue weighted by molar-refractivity contribution is 14.1. The van der Waals surface area contributed by atoms with Gasteiger partial charge in [0.15, 0.2) is 0 Å². The minimum absolute atomic E-state index is 0.248. The number of carbonyl (C=O) groups excluding carboxylic acids is 1. The van der Waals surface area contributed by atoms with E-state index in [1.807, 2.05) is 7.05 Å². The predicted octanol–water partition coefficient (Wildman–Crippen LogP) is 0.652. The number of carbonyl (C=O) groups is 1. The van der Waals surface area contributed by atoms with E-state index in [0.717, 1.165) is 13.0 Å². The Bertz CT molecular complexity index is 103. The minimum Gasteiger partial charge on any atom is -0.345 e. The summed E-state index contributed by atoms with van der Waals surface area (Å²) in [5, 5.41) is 0. The third-order valence-corrected chi connectivity index (χ3v) is 2.52. The highest BCUT2D eigenvalue weighted by Crippen LogP contribution is 2.16. The molecule has 0 saturated carbocycles. The number of rotatable bonds is 0. The Morgan fingerprint density at radius 2 is 2.50 bits per heavy atom. The van der Waals surface area contributed by atoms with Gasteiger partial charge in [-0.15, -0.1) is 0 Å². The zero-order chi connectivity index (χ0) is 6.15. The molecule has 1 amide bonds. The molecule has 1 atom stereocenters. The molecule has 0 radical (unpaired) electrons. The highest BCUT2D eigenvalue weighted by atomic mass is 127. The van der Waals surface area contributed by atoms with Gasteiger partial charge in [0.05, 0.1) is 3.92 Å². The first-order chi connectivity index (χ1) is 3.72. The van der Waals surface area contributed by atoms with Crippen molar-refractivity contribution in [3.63, 3.8) is 0 Å². The molecule has 1 aliphatic rings. The molecule has 0 aromatic heterocycles. The number of amides is 1. The van der Waals surface area contributed by atoms with Gasteiger partial charge in [-0.1, -0.05) is 22.6 Å².